The average molecular weight is 288 g/mol. The average Bonchev–Trinajstić information content (AvgIpc) is 2.46. The Labute approximate surface area is 122 Å². The van der Waals surface area contributed by atoms with Crippen LogP contribution in [0.15, 0.2) is 24.3 Å². The van der Waals surface area contributed by atoms with Crippen molar-refractivity contribution in [1.82, 2.24) is 9.97 Å². The number of nitrogens with zero attached hydrogens (tertiary/aromatic N) is 3. The molecule has 7 heteroatoms. The summed E-state index contributed by atoms with van der Waals surface area (Å²) >= 11 is 0. The highest BCUT2D eigenvalue weighted by Gasteiger charge is 2.23. The van der Waals surface area contributed by atoms with Gasteiger partial charge in [0.1, 0.15) is 11.4 Å². The molecule has 0 aliphatic carbocycles. The van der Waals surface area contributed by atoms with Gasteiger partial charge in [0.15, 0.2) is 5.69 Å². The molecule has 0 saturated carbocycles. The molecule has 21 heavy (non-hydrogen) atoms. The van der Waals surface area contributed by atoms with E-state index in [1.54, 1.807) is 38.3 Å². The van der Waals surface area contributed by atoms with Crippen molar-refractivity contribution in [2.24, 2.45) is 0 Å². The molecule has 0 aliphatic heterocycles. The largest absolute Gasteiger partial charge is 0.497 e. The van der Waals surface area contributed by atoms with Crippen molar-refractivity contribution in [3.05, 3.63) is 40.1 Å². The number of methoxy groups -OCH3 is 1. The number of anilines is 1. The second-order valence-electron chi connectivity index (χ2n) is 4.35. The molecule has 0 atom stereocenters. The number of rotatable bonds is 5. The van der Waals surface area contributed by atoms with Crippen molar-refractivity contribution >= 4 is 11.6 Å². The number of ether oxygens (including phenoxy) is 1. The third-order valence-electron chi connectivity index (χ3n) is 2.94. The summed E-state index contributed by atoms with van der Waals surface area (Å²) in [5.41, 5.74) is 1.19. The van der Waals surface area contributed by atoms with Gasteiger partial charge in [-0.3, -0.25) is 10.1 Å². The Bertz CT molecular complexity index is 656. The number of nitrogens with one attached hydrogen (secondary N) is 1. The molecule has 1 heterocycles. The summed E-state index contributed by atoms with van der Waals surface area (Å²) in [7, 11) is 1.57. The molecular formula is C14H16N4O3. The Morgan fingerprint density at radius 2 is 1.95 bits per heavy atom. The monoisotopic (exact) mass is 288 g/mol. The number of hydrogen-bond donors (Lipinski definition) is 1. The van der Waals surface area contributed by atoms with Gasteiger partial charge in [-0.2, -0.15) is 0 Å². The Kier molecular flexibility index (Phi) is 4.32. The van der Waals surface area contributed by atoms with Crippen molar-refractivity contribution < 1.29 is 9.66 Å². The lowest BCUT2D eigenvalue weighted by Crippen LogP contribution is -2.07. The SMILES string of the molecule is CCNc1nc(C)c([N+](=O)[O-])c(-c2ccc(OC)cc2)n1. The molecule has 1 aromatic heterocycles. The first-order valence-electron chi connectivity index (χ1n) is 6.48. The summed E-state index contributed by atoms with van der Waals surface area (Å²) in [6, 6.07) is 6.96. The smallest absolute Gasteiger partial charge is 0.316 e. The van der Waals surface area contributed by atoms with Crippen molar-refractivity contribution in [3.63, 3.8) is 0 Å². The van der Waals surface area contributed by atoms with E-state index in [-0.39, 0.29) is 5.69 Å². The topological polar surface area (TPSA) is 90.2 Å². The van der Waals surface area contributed by atoms with Gasteiger partial charge in [-0.05, 0) is 38.1 Å². The van der Waals surface area contributed by atoms with E-state index in [4.69, 9.17) is 4.74 Å². The quantitative estimate of drug-likeness (QED) is 0.672. The lowest BCUT2D eigenvalue weighted by molar-refractivity contribution is -0.385. The van der Waals surface area contributed by atoms with E-state index in [1.165, 1.54) is 0 Å². The van der Waals surface area contributed by atoms with E-state index in [0.29, 0.717) is 35.2 Å². The molecular weight excluding hydrogens is 272 g/mol. The predicted octanol–water partition coefficient (Wildman–Crippen LogP) is 2.80. The highest BCUT2D eigenvalue weighted by atomic mass is 16.6. The third-order valence-corrected chi connectivity index (χ3v) is 2.94. The van der Waals surface area contributed by atoms with E-state index in [2.05, 4.69) is 15.3 Å². The van der Waals surface area contributed by atoms with Crippen LogP contribution in [0.25, 0.3) is 11.3 Å². The number of benzene rings is 1. The zero-order chi connectivity index (χ0) is 15.4. The van der Waals surface area contributed by atoms with Crippen LogP contribution in [0, 0.1) is 17.0 Å². The van der Waals surface area contributed by atoms with Crippen LogP contribution in [0.5, 0.6) is 5.75 Å². The third kappa shape index (κ3) is 3.07. The van der Waals surface area contributed by atoms with Crippen molar-refractivity contribution in [3.8, 4) is 17.0 Å². The molecule has 2 rings (SSSR count). The first-order valence-corrected chi connectivity index (χ1v) is 6.48. The molecule has 0 amide bonds. The Morgan fingerprint density at radius 1 is 1.29 bits per heavy atom. The van der Waals surface area contributed by atoms with Gasteiger partial charge in [-0.15, -0.1) is 0 Å². The van der Waals surface area contributed by atoms with Gasteiger partial charge in [0.2, 0.25) is 5.95 Å². The maximum atomic E-state index is 11.3. The minimum absolute atomic E-state index is 0.0816. The number of aromatic nitrogens is 2. The first kappa shape index (κ1) is 14.7. The van der Waals surface area contributed by atoms with Gasteiger partial charge in [0.05, 0.1) is 12.0 Å². The van der Waals surface area contributed by atoms with Gasteiger partial charge in [-0.1, -0.05) is 0 Å². The number of nitro groups is 1. The molecule has 0 fully saturated rings. The Hall–Kier alpha value is -2.70. The second-order valence-corrected chi connectivity index (χ2v) is 4.35. The van der Waals surface area contributed by atoms with Gasteiger partial charge in [-0.25, -0.2) is 9.97 Å². The molecule has 0 spiro atoms. The lowest BCUT2D eigenvalue weighted by Gasteiger charge is -2.09. The maximum absolute atomic E-state index is 11.3. The minimum atomic E-state index is -0.454. The van der Waals surface area contributed by atoms with Crippen LogP contribution in [0.2, 0.25) is 0 Å². The highest BCUT2D eigenvalue weighted by Crippen LogP contribution is 2.32. The van der Waals surface area contributed by atoms with E-state index in [0.717, 1.165) is 0 Å². The van der Waals surface area contributed by atoms with Gasteiger partial charge in [0, 0.05) is 12.1 Å². The fourth-order valence-corrected chi connectivity index (χ4v) is 1.97. The van der Waals surface area contributed by atoms with E-state index in [1.807, 2.05) is 6.92 Å². The molecule has 0 bridgehead atoms. The fourth-order valence-electron chi connectivity index (χ4n) is 1.97. The molecule has 7 nitrogen and oxygen atoms in total. The van der Waals surface area contributed by atoms with Crippen LogP contribution in [-0.4, -0.2) is 28.5 Å². The molecule has 1 aromatic carbocycles. The normalized spacial score (nSPS) is 10.2. The summed E-state index contributed by atoms with van der Waals surface area (Å²) in [4.78, 5) is 19.2. The highest BCUT2D eigenvalue weighted by molar-refractivity contribution is 5.72. The summed E-state index contributed by atoms with van der Waals surface area (Å²) in [6.45, 7) is 4.15. The fraction of sp³-hybridized carbons (Fsp3) is 0.286. The van der Waals surface area contributed by atoms with E-state index in [9.17, 15) is 10.1 Å². The summed E-state index contributed by atoms with van der Waals surface area (Å²) < 4.78 is 5.09. The van der Waals surface area contributed by atoms with Crippen molar-refractivity contribution in [1.29, 1.82) is 0 Å². The molecule has 0 aliphatic rings. The minimum Gasteiger partial charge on any atom is -0.497 e. The van der Waals surface area contributed by atoms with E-state index < -0.39 is 4.92 Å². The van der Waals surface area contributed by atoms with Crippen LogP contribution in [-0.2, 0) is 0 Å². The molecule has 110 valence electrons. The Balaban J connectivity index is 2.59. The summed E-state index contributed by atoms with van der Waals surface area (Å²) in [5, 5.41) is 14.3. The zero-order valence-corrected chi connectivity index (χ0v) is 12.1. The molecule has 0 saturated heterocycles. The number of aryl methyl sites for hydroxylation is 1. The predicted molar refractivity (Wildman–Crippen MR) is 79.6 cm³/mol. The standard InChI is InChI=1S/C14H16N4O3/c1-4-15-14-16-9(2)13(18(19)20)12(17-14)10-5-7-11(21-3)8-6-10/h5-8H,4H2,1-3H3,(H,15,16,17). The summed E-state index contributed by atoms with van der Waals surface area (Å²) in [5.74, 6) is 1.06. The maximum Gasteiger partial charge on any atom is 0.316 e. The van der Waals surface area contributed by atoms with Crippen LogP contribution >= 0.6 is 0 Å². The first-order chi connectivity index (χ1) is 10.1. The van der Waals surface area contributed by atoms with Crippen molar-refractivity contribution in [2.75, 3.05) is 19.0 Å². The van der Waals surface area contributed by atoms with Crippen LogP contribution in [0.4, 0.5) is 11.6 Å². The summed E-state index contributed by atoms with van der Waals surface area (Å²) in [6.07, 6.45) is 0. The van der Waals surface area contributed by atoms with Gasteiger partial charge in [0.25, 0.3) is 0 Å². The van der Waals surface area contributed by atoms with E-state index >= 15 is 0 Å². The molecule has 2 aromatic rings. The lowest BCUT2D eigenvalue weighted by atomic mass is 10.1. The van der Waals surface area contributed by atoms with Gasteiger partial charge < -0.3 is 10.1 Å². The zero-order valence-electron chi connectivity index (χ0n) is 12.1. The van der Waals surface area contributed by atoms with Crippen molar-refractivity contribution in [2.45, 2.75) is 13.8 Å². The van der Waals surface area contributed by atoms with Crippen LogP contribution in [0.3, 0.4) is 0 Å². The Morgan fingerprint density at radius 3 is 2.48 bits per heavy atom. The number of hydrogen-bond acceptors (Lipinski definition) is 6. The molecule has 0 unspecified atom stereocenters. The van der Waals surface area contributed by atoms with Crippen LogP contribution in [0.1, 0.15) is 12.6 Å². The second kappa shape index (κ2) is 6.17. The van der Waals surface area contributed by atoms with Gasteiger partial charge >= 0.3 is 5.69 Å². The molecule has 1 N–H and O–H groups in total. The molecule has 0 radical (unpaired) electrons. The van der Waals surface area contributed by atoms with Crippen LogP contribution < -0.4 is 10.1 Å².